The number of aryl methyl sites for hydroxylation is 1. The summed E-state index contributed by atoms with van der Waals surface area (Å²) in [4.78, 5) is 10.7. The topological polar surface area (TPSA) is 52.4 Å². The lowest BCUT2D eigenvalue weighted by Gasteiger charge is -2.29. The first-order valence-corrected chi connectivity index (χ1v) is 6.44. The summed E-state index contributed by atoms with van der Waals surface area (Å²) in [5, 5.41) is 11.9. The molecule has 19 heavy (non-hydrogen) atoms. The van der Waals surface area contributed by atoms with Gasteiger partial charge in [0.15, 0.2) is 0 Å². The lowest BCUT2D eigenvalue weighted by atomic mass is 9.88. The van der Waals surface area contributed by atoms with E-state index in [4.69, 9.17) is 16.3 Å². The molecule has 5 heteroatoms. The zero-order valence-corrected chi connectivity index (χ0v) is 11.1. The third kappa shape index (κ3) is 2.12. The number of benzene rings is 1. The highest BCUT2D eigenvalue weighted by Gasteiger charge is 2.32. The van der Waals surface area contributed by atoms with Crippen LogP contribution < -0.4 is 4.74 Å². The molecule has 2 aliphatic rings. The second-order valence-corrected chi connectivity index (χ2v) is 5.40. The molecule has 4 nitrogen and oxygen atoms in total. The predicted molar refractivity (Wildman–Crippen MR) is 72.3 cm³/mol. The lowest BCUT2D eigenvalue weighted by Crippen LogP contribution is -2.21. The number of ether oxygens (including phenoxy) is 1. The van der Waals surface area contributed by atoms with Crippen molar-refractivity contribution in [3.63, 3.8) is 0 Å². The Kier molecular flexibility index (Phi) is 2.82. The number of fused-ring (bicyclic) bond motifs is 2. The molecule has 98 valence electrons. The van der Waals surface area contributed by atoms with E-state index < -0.39 is 4.92 Å². The van der Waals surface area contributed by atoms with Gasteiger partial charge in [0.2, 0.25) is 5.75 Å². The average Bonchev–Trinajstić information content (AvgIpc) is 2.35. The highest BCUT2D eigenvalue weighted by atomic mass is 35.5. The van der Waals surface area contributed by atoms with Gasteiger partial charge in [-0.3, -0.25) is 10.1 Å². The average molecular weight is 278 g/mol. The van der Waals surface area contributed by atoms with Crippen LogP contribution in [0.1, 0.15) is 17.5 Å². The largest absolute Gasteiger partial charge is 0.454 e. The van der Waals surface area contributed by atoms with Gasteiger partial charge in [-0.05, 0) is 37.5 Å². The fourth-order valence-corrected chi connectivity index (χ4v) is 2.87. The van der Waals surface area contributed by atoms with E-state index in [0.29, 0.717) is 5.75 Å². The Hall–Kier alpha value is -1.81. The van der Waals surface area contributed by atoms with Gasteiger partial charge in [-0.2, -0.15) is 0 Å². The quantitative estimate of drug-likeness (QED) is 0.578. The summed E-state index contributed by atoms with van der Waals surface area (Å²) in [6.45, 7) is 1.85. The Morgan fingerprint density at radius 3 is 2.89 bits per heavy atom. The molecule has 1 aliphatic heterocycles. The van der Waals surface area contributed by atoms with E-state index in [1.165, 1.54) is 0 Å². The maximum absolute atomic E-state index is 11.1. The van der Waals surface area contributed by atoms with Crippen LogP contribution in [-0.4, -0.2) is 4.92 Å². The number of nitro groups is 1. The van der Waals surface area contributed by atoms with Gasteiger partial charge < -0.3 is 4.74 Å². The molecule has 0 radical (unpaired) electrons. The SMILES string of the molecule is Cc1cc2c(c([N+](=O)[O-])c1)OC1=CC=C(Cl)CC1C2. The lowest BCUT2D eigenvalue weighted by molar-refractivity contribution is -0.385. The van der Waals surface area contributed by atoms with Crippen molar-refractivity contribution in [3.05, 3.63) is 56.3 Å². The number of nitro benzene ring substituents is 1. The normalized spacial score (nSPS) is 20.6. The summed E-state index contributed by atoms with van der Waals surface area (Å²) in [5.74, 6) is 1.33. The summed E-state index contributed by atoms with van der Waals surface area (Å²) in [7, 11) is 0. The van der Waals surface area contributed by atoms with Crippen molar-refractivity contribution < 1.29 is 9.66 Å². The second kappa shape index (κ2) is 4.38. The first-order chi connectivity index (χ1) is 9.04. The summed E-state index contributed by atoms with van der Waals surface area (Å²) in [6.07, 6.45) is 5.06. The molecule has 1 heterocycles. The van der Waals surface area contributed by atoms with Crippen LogP contribution in [0.15, 0.2) is 35.1 Å². The Balaban J connectivity index is 2.09. The third-order valence-electron chi connectivity index (χ3n) is 3.45. The van der Waals surface area contributed by atoms with E-state index in [2.05, 4.69) is 0 Å². The first kappa shape index (κ1) is 12.2. The number of allylic oxidation sites excluding steroid dienone is 4. The van der Waals surface area contributed by atoms with Crippen molar-refractivity contribution in [2.24, 2.45) is 5.92 Å². The van der Waals surface area contributed by atoms with E-state index in [1.54, 1.807) is 12.1 Å². The van der Waals surface area contributed by atoms with Crippen LogP contribution in [0.3, 0.4) is 0 Å². The highest BCUT2D eigenvalue weighted by molar-refractivity contribution is 6.29. The number of hydrogen-bond donors (Lipinski definition) is 0. The number of halogens is 1. The van der Waals surface area contributed by atoms with Crippen LogP contribution in [0.2, 0.25) is 0 Å². The smallest absolute Gasteiger partial charge is 0.312 e. The second-order valence-electron chi connectivity index (χ2n) is 4.92. The Morgan fingerprint density at radius 1 is 1.37 bits per heavy atom. The van der Waals surface area contributed by atoms with E-state index in [-0.39, 0.29) is 11.6 Å². The molecule has 3 rings (SSSR count). The van der Waals surface area contributed by atoms with Gasteiger partial charge in [0.25, 0.3) is 0 Å². The first-order valence-electron chi connectivity index (χ1n) is 6.06. The van der Waals surface area contributed by atoms with E-state index in [1.807, 2.05) is 19.1 Å². The van der Waals surface area contributed by atoms with E-state index >= 15 is 0 Å². The molecule has 0 amide bonds. The van der Waals surface area contributed by atoms with Crippen LogP contribution in [0.4, 0.5) is 5.69 Å². The number of hydrogen-bond acceptors (Lipinski definition) is 3. The van der Waals surface area contributed by atoms with Crippen LogP contribution in [0.25, 0.3) is 0 Å². The van der Waals surface area contributed by atoms with Gasteiger partial charge in [0.05, 0.1) is 4.92 Å². The minimum absolute atomic E-state index is 0.0370. The Morgan fingerprint density at radius 2 is 2.16 bits per heavy atom. The molecule has 1 atom stereocenters. The van der Waals surface area contributed by atoms with Crippen molar-refractivity contribution in [2.75, 3.05) is 0 Å². The van der Waals surface area contributed by atoms with Gasteiger partial charge in [-0.1, -0.05) is 17.7 Å². The minimum atomic E-state index is -0.391. The molecule has 1 unspecified atom stereocenters. The standard InChI is InChI=1S/C14H12ClNO3/c1-8-4-10-6-9-7-11(15)2-3-13(9)19-14(10)12(5-8)16(17)18/h2-5,9H,6-7H2,1H3. The zero-order chi connectivity index (χ0) is 13.6. The zero-order valence-electron chi connectivity index (χ0n) is 10.4. The maximum Gasteiger partial charge on any atom is 0.312 e. The molecule has 0 bridgehead atoms. The summed E-state index contributed by atoms with van der Waals surface area (Å²) >= 11 is 6.03. The third-order valence-corrected chi connectivity index (χ3v) is 3.73. The van der Waals surface area contributed by atoms with E-state index in [0.717, 1.165) is 34.8 Å². The predicted octanol–water partition coefficient (Wildman–Crippen LogP) is 3.86. The Labute approximate surface area is 115 Å². The van der Waals surface area contributed by atoms with Gasteiger partial charge in [-0.15, -0.1) is 0 Å². The number of nitrogens with zero attached hydrogens (tertiary/aromatic N) is 1. The molecule has 0 fully saturated rings. The van der Waals surface area contributed by atoms with Crippen molar-refractivity contribution in [2.45, 2.75) is 19.8 Å². The summed E-state index contributed by atoms with van der Waals surface area (Å²) < 4.78 is 5.75. The van der Waals surface area contributed by atoms with Crippen LogP contribution in [0.5, 0.6) is 5.75 Å². The molecule has 0 saturated carbocycles. The molecule has 0 N–H and O–H groups in total. The minimum Gasteiger partial charge on any atom is -0.454 e. The molecule has 0 spiro atoms. The fourth-order valence-electron chi connectivity index (χ4n) is 2.62. The Bertz CT molecular complexity index is 634. The number of rotatable bonds is 1. The molecular formula is C14H12ClNO3. The molecule has 0 saturated heterocycles. The van der Waals surface area contributed by atoms with E-state index in [9.17, 15) is 10.1 Å². The molecule has 1 aromatic rings. The van der Waals surface area contributed by atoms with Crippen LogP contribution in [0, 0.1) is 23.0 Å². The fraction of sp³-hybridized carbons (Fsp3) is 0.286. The van der Waals surface area contributed by atoms with Crippen LogP contribution in [-0.2, 0) is 6.42 Å². The summed E-state index contributed by atoms with van der Waals surface area (Å²) in [5.41, 5.74) is 1.80. The van der Waals surface area contributed by atoms with Gasteiger partial charge >= 0.3 is 5.69 Å². The van der Waals surface area contributed by atoms with Gasteiger partial charge in [0, 0.05) is 22.6 Å². The van der Waals surface area contributed by atoms with Crippen molar-refractivity contribution in [1.82, 2.24) is 0 Å². The maximum atomic E-state index is 11.1. The summed E-state index contributed by atoms with van der Waals surface area (Å²) in [6, 6.07) is 3.50. The van der Waals surface area contributed by atoms with Crippen molar-refractivity contribution >= 4 is 17.3 Å². The van der Waals surface area contributed by atoms with Crippen LogP contribution >= 0.6 is 11.6 Å². The van der Waals surface area contributed by atoms with Gasteiger partial charge in [0.1, 0.15) is 5.76 Å². The van der Waals surface area contributed by atoms with Gasteiger partial charge in [-0.25, -0.2) is 0 Å². The molecule has 1 aromatic carbocycles. The monoisotopic (exact) mass is 277 g/mol. The molecule has 0 aromatic heterocycles. The van der Waals surface area contributed by atoms with Crippen molar-refractivity contribution in [3.8, 4) is 5.75 Å². The molecular weight excluding hydrogens is 266 g/mol. The molecule has 1 aliphatic carbocycles. The van der Waals surface area contributed by atoms with Crippen molar-refractivity contribution in [1.29, 1.82) is 0 Å². The highest BCUT2D eigenvalue weighted by Crippen LogP contribution is 2.43.